The molecule has 4 rings (SSSR count). The minimum Gasteiger partial charge on any atom is -0.340 e. The highest BCUT2D eigenvalue weighted by Crippen LogP contribution is 2.24. The molecule has 0 N–H and O–H groups in total. The van der Waals surface area contributed by atoms with Crippen molar-refractivity contribution < 1.29 is 22.8 Å². The highest BCUT2D eigenvalue weighted by Gasteiger charge is 2.32. The molecule has 2 aromatic carbocycles. The van der Waals surface area contributed by atoms with Gasteiger partial charge in [0.1, 0.15) is 17.5 Å². The van der Waals surface area contributed by atoms with E-state index in [9.17, 15) is 22.8 Å². The zero-order valence-electron chi connectivity index (χ0n) is 18.1. The van der Waals surface area contributed by atoms with E-state index in [0.717, 1.165) is 12.1 Å². The molecule has 0 radical (unpaired) electrons. The monoisotopic (exact) mass is 479 g/mol. The second-order valence-corrected chi connectivity index (χ2v) is 8.90. The Hall–Kier alpha value is -2.58. The molecular weight excluding hydrogens is 455 g/mol. The van der Waals surface area contributed by atoms with Crippen molar-refractivity contribution in [2.24, 2.45) is 5.92 Å². The third-order valence-corrected chi connectivity index (χ3v) is 6.77. The maximum Gasteiger partial charge on any atom is 0.256 e. The Morgan fingerprint density at radius 1 is 0.879 bits per heavy atom. The normalized spacial score (nSPS) is 17.9. The fourth-order valence-corrected chi connectivity index (χ4v) is 4.68. The molecule has 0 aromatic heterocycles. The van der Waals surface area contributed by atoms with E-state index in [1.54, 1.807) is 12.1 Å². The summed E-state index contributed by atoms with van der Waals surface area (Å²) in [4.78, 5) is 31.0. The second kappa shape index (κ2) is 10.1. The van der Waals surface area contributed by atoms with Crippen LogP contribution in [0.4, 0.5) is 13.2 Å². The molecule has 5 nitrogen and oxygen atoms in total. The van der Waals surface area contributed by atoms with Crippen molar-refractivity contribution in [1.82, 2.24) is 14.7 Å². The predicted molar refractivity (Wildman–Crippen MR) is 118 cm³/mol. The van der Waals surface area contributed by atoms with E-state index in [4.69, 9.17) is 11.6 Å². The SMILES string of the molecule is O=C(c1ccc(F)cc1F)N1CCC(C(=O)N2CCN(Cc3c(F)cccc3Cl)CC2)CC1. The lowest BCUT2D eigenvalue weighted by atomic mass is 9.94. The topological polar surface area (TPSA) is 43.9 Å². The number of benzene rings is 2. The van der Waals surface area contributed by atoms with E-state index < -0.39 is 17.5 Å². The summed E-state index contributed by atoms with van der Waals surface area (Å²) in [5.41, 5.74) is 0.306. The summed E-state index contributed by atoms with van der Waals surface area (Å²) in [6.45, 7) is 3.43. The van der Waals surface area contributed by atoms with Crippen LogP contribution in [0.25, 0.3) is 0 Å². The number of carbonyl (C=O) groups is 2. The van der Waals surface area contributed by atoms with Gasteiger partial charge in [0.05, 0.1) is 5.56 Å². The van der Waals surface area contributed by atoms with Gasteiger partial charge >= 0.3 is 0 Å². The lowest BCUT2D eigenvalue weighted by Gasteiger charge is -2.38. The van der Waals surface area contributed by atoms with Crippen molar-refractivity contribution in [2.75, 3.05) is 39.3 Å². The fourth-order valence-electron chi connectivity index (χ4n) is 4.45. The van der Waals surface area contributed by atoms with Gasteiger partial charge in [-0.3, -0.25) is 14.5 Å². The van der Waals surface area contributed by atoms with Crippen LogP contribution in [0.1, 0.15) is 28.8 Å². The van der Waals surface area contributed by atoms with Crippen LogP contribution < -0.4 is 0 Å². The maximum atomic E-state index is 14.0. The Balaban J connectivity index is 1.27. The molecule has 2 aliphatic heterocycles. The molecule has 2 amide bonds. The van der Waals surface area contributed by atoms with Crippen LogP contribution in [-0.2, 0) is 11.3 Å². The quantitative estimate of drug-likeness (QED) is 0.667. The molecule has 2 heterocycles. The lowest BCUT2D eigenvalue weighted by Crippen LogP contribution is -2.51. The van der Waals surface area contributed by atoms with Gasteiger partial charge in [0.15, 0.2) is 0 Å². The minimum absolute atomic E-state index is 0.0543. The summed E-state index contributed by atoms with van der Waals surface area (Å²) in [7, 11) is 0. The van der Waals surface area contributed by atoms with Crippen molar-refractivity contribution in [1.29, 1.82) is 0 Å². The molecule has 2 saturated heterocycles. The second-order valence-electron chi connectivity index (χ2n) is 8.49. The average Bonchev–Trinajstić information content (AvgIpc) is 2.81. The molecular formula is C24H25ClF3N3O2. The fraction of sp³-hybridized carbons (Fsp3) is 0.417. The van der Waals surface area contributed by atoms with Crippen molar-refractivity contribution in [3.8, 4) is 0 Å². The number of hydrogen-bond donors (Lipinski definition) is 0. The van der Waals surface area contributed by atoms with Gasteiger partial charge in [-0.15, -0.1) is 0 Å². The Labute approximate surface area is 195 Å². The number of piperidine rings is 1. The molecule has 2 fully saturated rings. The van der Waals surface area contributed by atoms with Gasteiger partial charge in [0, 0.05) is 68.4 Å². The van der Waals surface area contributed by atoms with Crippen molar-refractivity contribution in [3.05, 3.63) is 70.0 Å². The standard InChI is InChI=1S/C24H25ClF3N3O2/c25-20-2-1-3-21(27)19(20)15-29-10-12-31(13-11-29)23(32)16-6-8-30(9-7-16)24(33)18-5-4-17(26)14-22(18)28/h1-5,14,16H,6-13,15H2. The largest absolute Gasteiger partial charge is 0.340 e. The number of hydrogen-bond acceptors (Lipinski definition) is 3. The predicted octanol–water partition coefficient (Wildman–Crippen LogP) is 3.95. The van der Waals surface area contributed by atoms with Crippen molar-refractivity contribution >= 4 is 23.4 Å². The van der Waals surface area contributed by atoms with Crippen LogP contribution in [0.3, 0.4) is 0 Å². The van der Waals surface area contributed by atoms with Crippen LogP contribution in [0.15, 0.2) is 36.4 Å². The summed E-state index contributed by atoms with van der Waals surface area (Å²) in [6, 6.07) is 7.55. The number of likely N-dealkylation sites (tertiary alicyclic amines) is 1. The zero-order chi connectivity index (χ0) is 23.5. The van der Waals surface area contributed by atoms with Crippen molar-refractivity contribution in [3.63, 3.8) is 0 Å². The highest BCUT2D eigenvalue weighted by molar-refractivity contribution is 6.31. The highest BCUT2D eigenvalue weighted by atomic mass is 35.5. The van der Waals surface area contributed by atoms with E-state index in [1.165, 1.54) is 11.0 Å². The Morgan fingerprint density at radius 3 is 2.21 bits per heavy atom. The van der Waals surface area contributed by atoms with E-state index >= 15 is 0 Å². The molecule has 0 spiro atoms. The first kappa shape index (κ1) is 23.6. The first-order valence-corrected chi connectivity index (χ1v) is 11.4. The lowest BCUT2D eigenvalue weighted by molar-refractivity contribution is -0.138. The molecule has 176 valence electrons. The first-order valence-electron chi connectivity index (χ1n) is 11.0. The molecule has 9 heteroatoms. The molecule has 2 aromatic rings. The summed E-state index contributed by atoms with van der Waals surface area (Å²) >= 11 is 6.12. The van der Waals surface area contributed by atoms with E-state index in [0.29, 0.717) is 75.3 Å². The average molecular weight is 480 g/mol. The summed E-state index contributed by atoms with van der Waals surface area (Å²) < 4.78 is 41.1. The minimum atomic E-state index is -0.882. The Morgan fingerprint density at radius 2 is 1.58 bits per heavy atom. The molecule has 0 aliphatic carbocycles. The van der Waals surface area contributed by atoms with Crippen LogP contribution in [-0.4, -0.2) is 65.8 Å². The number of carbonyl (C=O) groups excluding carboxylic acids is 2. The van der Waals surface area contributed by atoms with E-state index in [1.807, 2.05) is 4.90 Å². The Kier molecular flexibility index (Phi) is 7.24. The van der Waals surface area contributed by atoms with Crippen LogP contribution in [0, 0.1) is 23.4 Å². The van der Waals surface area contributed by atoms with Gasteiger partial charge in [0.25, 0.3) is 5.91 Å². The van der Waals surface area contributed by atoms with Gasteiger partial charge in [0.2, 0.25) is 5.91 Å². The van der Waals surface area contributed by atoms with E-state index in [-0.39, 0.29) is 23.2 Å². The summed E-state index contributed by atoms with van der Waals surface area (Å²) in [5, 5.41) is 0.398. The first-order chi connectivity index (χ1) is 15.8. The molecule has 0 atom stereocenters. The van der Waals surface area contributed by atoms with E-state index in [2.05, 4.69) is 4.90 Å². The molecule has 0 saturated carbocycles. The van der Waals surface area contributed by atoms with Crippen LogP contribution in [0.2, 0.25) is 5.02 Å². The third-order valence-electron chi connectivity index (χ3n) is 6.42. The molecule has 33 heavy (non-hydrogen) atoms. The van der Waals surface area contributed by atoms with Gasteiger partial charge in [-0.2, -0.15) is 0 Å². The van der Waals surface area contributed by atoms with Crippen LogP contribution in [0.5, 0.6) is 0 Å². The van der Waals surface area contributed by atoms with Gasteiger partial charge in [-0.05, 0) is 37.1 Å². The molecule has 2 aliphatic rings. The third kappa shape index (κ3) is 5.33. The van der Waals surface area contributed by atoms with Gasteiger partial charge < -0.3 is 9.80 Å². The van der Waals surface area contributed by atoms with Gasteiger partial charge in [-0.25, -0.2) is 13.2 Å². The number of amides is 2. The number of halogens is 4. The Bertz CT molecular complexity index is 1020. The number of piperazine rings is 1. The number of rotatable bonds is 4. The zero-order valence-corrected chi connectivity index (χ0v) is 18.8. The summed E-state index contributed by atoms with van der Waals surface area (Å²) in [6.07, 6.45) is 0.997. The van der Waals surface area contributed by atoms with Gasteiger partial charge in [-0.1, -0.05) is 17.7 Å². The van der Waals surface area contributed by atoms with Crippen LogP contribution >= 0.6 is 11.6 Å². The molecule has 0 bridgehead atoms. The summed E-state index contributed by atoms with van der Waals surface area (Å²) in [5.74, 6) is -2.57. The maximum absolute atomic E-state index is 14.0. The molecule has 0 unspecified atom stereocenters. The van der Waals surface area contributed by atoms with Crippen molar-refractivity contribution in [2.45, 2.75) is 19.4 Å². The number of nitrogens with zero attached hydrogens (tertiary/aromatic N) is 3. The smallest absolute Gasteiger partial charge is 0.256 e.